The van der Waals surface area contributed by atoms with Crippen molar-refractivity contribution in [3.8, 4) is 34.0 Å². The molecule has 4 aromatic carbocycles. The molecule has 0 atom stereocenters. The van der Waals surface area contributed by atoms with Gasteiger partial charge in [0.1, 0.15) is 9.71 Å². The number of thiophene rings is 1. The lowest BCUT2D eigenvalue weighted by Crippen LogP contribution is -2.38. The second-order valence-corrected chi connectivity index (χ2v) is 10.8. The number of aryl methyl sites for hydroxylation is 1. The van der Waals surface area contributed by atoms with Gasteiger partial charge in [0.2, 0.25) is 11.0 Å². The minimum absolute atomic E-state index is 0.109. The molecular weight excluding hydrogens is 532 g/mol. The van der Waals surface area contributed by atoms with Crippen LogP contribution in [0.5, 0.6) is 5.95 Å². The third kappa shape index (κ3) is 4.13. The Kier molecular flexibility index (Phi) is 5.83. The Labute approximate surface area is 238 Å². The highest BCUT2D eigenvalue weighted by Gasteiger charge is 2.37. The predicted molar refractivity (Wildman–Crippen MR) is 160 cm³/mol. The van der Waals surface area contributed by atoms with Crippen LogP contribution in [0.3, 0.4) is 0 Å². The van der Waals surface area contributed by atoms with Crippen LogP contribution in [-0.2, 0) is 0 Å². The second-order valence-electron chi connectivity index (χ2n) is 9.78. The van der Waals surface area contributed by atoms with Crippen molar-refractivity contribution in [2.75, 3.05) is 5.73 Å². The molecule has 0 aliphatic rings. The van der Waals surface area contributed by atoms with Gasteiger partial charge >= 0.3 is 11.6 Å². The zero-order valence-corrected chi connectivity index (χ0v) is 22.7. The topological polar surface area (TPSA) is 106 Å². The van der Waals surface area contributed by atoms with Gasteiger partial charge < -0.3 is 10.8 Å². The van der Waals surface area contributed by atoms with Crippen molar-refractivity contribution in [1.82, 2.24) is 10.3 Å². The minimum atomic E-state index is -0.583. The number of aromatic hydroxyl groups is 1. The summed E-state index contributed by atoms with van der Waals surface area (Å²) in [6, 6.07) is 33.6. The van der Waals surface area contributed by atoms with Crippen LogP contribution in [0.2, 0.25) is 0 Å². The van der Waals surface area contributed by atoms with Crippen molar-refractivity contribution in [3.63, 3.8) is 0 Å². The van der Waals surface area contributed by atoms with E-state index in [1.54, 1.807) is 12.1 Å². The maximum absolute atomic E-state index is 14.0. The maximum Gasteiger partial charge on any atom is 0.393 e. The Morgan fingerprint density at radius 3 is 2.44 bits per heavy atom. The number of nitrogens with zero attached hydrogens (tertiary/aromatic N) is 3. The van der Waals surface area contributed by atoms with Crippen LogP contribution in [0, 0.1) is 6.92 Å². The molecule has 41 heavy (non-hydrogen) atoms. The van der Waals surface area contributed by atoms with E-state index in [0.717, 1.165) is 38.7 Å². The van der Waals surface area contributed by atoms with Crippen LogP contribution in [0.25, 0.3) is 49.1 Å². The summed E-state index contributed by atoms with van der Waals surface area (Å²) in [5, 5.41) is 17.3. The molecular formula is C33H23N4O3S+. The number of hydrogen-bond acceptors (Lipinski definition) is 7. The molecule has 0 saturated heterocycles. The Hall–Kier alpha value is -5.34. The van der Waals surface area contributed by atoms with Crippen LogP contribution in [0.4, 0.5) is 5.69 Å². The third-order valence-electron chi connectivity index (χ3n) is 7.17. The Morgan fingerprint density at radius 1 is 0.902 bits per heavy atom. The summed E-state index contributed by atoms with van der Waals surface area (Å²) < 4.78 is 6.33. The predicted octanol–water partition coefficient (Wildman–Crippen LogP) is 6.88. The van der Waals surface area contributed by atoms with E-state index >= 15 is 0 Å². The summed E-state index contributed by atoms with van der Waals surface area (Å²) in [5.74, 6) is -1.09. The van der Waals surface area contributed by atoms with Gasteiger partial charge in [-0.1, -0.05) is 90.5 Å². The lowest BCUT2D eigenvalue weighted by molar-refractivity contribution is -0.672. The molecule has 0 radical (unpaired) electrons. The quantitative estimate of drug-likeness (QED) is 0.177. The number of fused-ring (bicyclic) bond motifs is 2. The lowest BCUT2D eigenvalue weighted by Gasteiger charge is -2.11. The molecule has 0 aliphatic heterocycles. The zero-order valence-electron chi connectivity index (χ0n) is 21.9. The number of ketones is 1. The van der Waals surface area contributed by atoms with Gasteiger partial charge in [-0.3, -0.25) is 9.32 Å². The monoisotopic (exact) mass is 555 g/mol. The Morgan fingerprint density at radius 2 is 1.63 bits per heavy atom. The summed E-state index contributed by atoms with van der Waals surface area (Å²) in [6.45, 7) is 1.96. The zero-order chi connectivity index (χ0) is 28.1. The summed E-state index contributed by atoms with van der Waals surface area (Å²) in [5.41, 5.74) is 12.1. The van der Waals surface area contributed by atoms with Crippen molar-refractivity contribution in [1.29, 1.82) is 0 Å². The first-order valence-corrected chi connectivity index (χ1v) is 13.8. The number of nitrogen functional groups attached to an aromatic ring is 1. The summed E-state index contributed by atoms with van der Waals surface area (Å²) in [4.78, 5) is 19.9. The van der Waals surface area contributed by atoms with Gasteiger partial charge in [-0.25, -0.2) is 4.98 Å². The van der Waals surface area contributed by atoms with E-state index in [2.05, 4.69) is 23.5 Å². The van der Waals surface area contributed by atoms with E-state index in [1.807, 2.05) is 79.7 Å². The first kappa shape index (κ1) is 24.7. The van der Waals surface area contributed by atoms with Gasteiger partial charge in [0, 0.05) is 27.8 Å². The molecule has 3 N–H and O–H groups in total. The second kappa shape index (κ2) is 9.69. The molecule has 3 aromatic heterocycles. The molecule has 0 amide bonds. The van der Waals surface area contributed by atoms with Gasteiger partial charge in [-0.2, -0.15) is 0 Å². The van der Waals surface area contributed by atoms with Crippen molar-refractivity contribution in [2.24, 2.45) is 0 Å². The van der Waals surface area contributed by atoms with E-state index in [-0.39, 0.29) is 10.6 Å². The highest BCUT2D eigenvalue weighted by atomic mass is 32.1. The SMILES string of the molecule is Cc1ccc(-[n+]2noc(O)c2C(=O)c2sc3nc(-c4cccc5ccccc45)cc(-c4ccccc4)c3c2N)cc1. The van der Waals surface area contributed by atoms with Gasteiger partial charge in [-0.05, 0) is 34.9 Å². The van der Waals surface area contributed by atoms with Gasteiger partial charge in [0.25, 0.3) is 5.78 Å². The fourth-order valence-corrected chi connectivity index (χ4v) is 6.20. The Balaban J connectivity index is 1.45. The number of aromatic nitrogens is 3. The molecule has 7 rings (SSSR count). The minimum Gasteiger partial charge on any atom is -0.474 e. The number of benzene rings is 4. The number of carbonyl (C=O) groups is 1. The summed E-state index contributed by atoms with van der Waals surface area (Å²) >= 11 is 1.19. The first-order valence-electron chi connectivity index (χ1n) is 13.0. The largest absolute Gasteiger partial charge is 0.474 e. The average molecular weight is 556 g/mol. The molecule has 3 heterocycles. The smallest absolute Gasteiger partial charge is 0.393 e. The number of nitrogens with two attached hydrogens (primary N) is 1. The molecule has 0 aliphatic carbocycles. The molecule has 7 aromatic rings. The van der Waals surface area contributed by atoms with Gasteiger partial charge in [0.05, 0.1) is 11.4 Å². The van der Waals surface area contributed by atoms with Gasteiger partial charge in [0.15, 0.2) is 0 Å². The normalized spacial score (nSPS) is 11.3. The number of rotatable bonds is 5. The Bertz CT molecular complexity index is 2090. The van der Waals surface area contributed by atoms with Gasteiger partial charge in [-0.15, -0.1) is 11.3 Å². The van der Waals surface area contributed by atoms with E-state index in [9.17, 15) is 9.90 Å². The number of carbonyl (C=O) groups excluding carboxylic acids is 1. The van der Waals surface area contributed by atoms with Crippen molar-refractivity contribution < 1.29 is 19.1 Å². The fourth-order valence-electron chi connectivity index (χ4n) is 5.14. The van der Waals surface area contributed by atoms with Crippen LogP contribution in [-0.4, -0.2) is 21.1 Å². The average Bonchev–Trinajstić information content (AvgIpc) is 3.56. The fraction of sp³-hybridized carbons (Fsp3) is 0.0303. The van der Waals surface area contributed by atoms with E-state index < -0.39 is 11.7 Å². The molecule has 0 spiro atoms. The van der Waals surface area contributed by atoms with Crippen molar-refractivity contribution in [3.05, 3.63) is 119 Å². The molecule has 0 saturated carbocycles. The van der Waals surface area contributed by atoms with E-state index in [4.69, 9.17) is 15.2 Å². The molecule has 0 unspecified atom stereocenters. The lowest BCUT2D eigenvalue weighted by atomic mass is 9.97. The molecule has 198 valence electrons. The summed E-state index contributed by atoms with van der Waals surface area (Å²) in [6.07, 6.45) is 0. The molecule has 0 fully saturated rings. The first-order chi connectivity index (χ1) is 20.0. The van der Waals surface area contributed by atoms with Crippen LogP contribution in [0.15, 0.2) is 108 Å². The number of hydrogen-bond donors (Lipinski definition) is 2. The highest BCUT2D eigenvalue weighted by Crippen LogP contribution is 2.43. The third-order valence-corrected chi connectivity index (χ3v) is 8.27. The standard InChI is InChI=1S/C33H22N4O3S/c1-19-14-16-22(17-15-19)37-29(33(39)40-36-37)30(38)31-28(34)27-25(21-8-3-2-4-9-21)18-26(35-32(27)41-31)24-13-7-11-20-10-5-6-12-23(20)24/h2-18H,1H3,(H2-,34,36,38,39)/p+1. The summed E-state index contributed by atoms with van der Waals surface area (Å²) in [7, 11) is 0. The van der Waals surface area contributed by atoms with E-state index in [1.165, 1.54) is 16.0 Å². The van der Waals surface area contributed by atoms with Crippen LogP contribution < -0.4 is 10.4 Å². The van der Waals surface area contributed by atoms with Crippen molar-refractivity contribution in [2.45, 2.75) is 6.92 Å². The molecule has 0 bridgehead atoms. The molecule has 7 nitrogen and oxygen atoms in total. The highest BCUT2D eigenvalue weighted by molar-refractivity contribution is 7.21. The molecule has 8 heteroatoms. The van der Waals surface area contributed by atoms with Crippen LogP contribution >= 0.6 is 11.3 Å². The van der Waals surface area contributed by atoms with Crippen LogP contribution in [0.1, 0.15) is 20.9 Å². The maximum atomic E-state index is 14.0. The number of pyridine rings is 1. The van der Waals surface area contributed by atoms with E-state index in [0.29, 0.717) is 21.6 Å². The van der Waals surface area contributed by atoms with Crippen molar-refractivity contribution >= 4 is 43.8 Å². The number of anilines is 1.